The molecule has 0 aromatic heterocycles. The lowest BCUT2D eigenvalue weighted by Crippen LogP contribution is -2.60. The molecule has 0 bridgehead atoms. The second kappa shape index (κ2) is 19.2. The van der Waals surface area contributed by atoms with Crippen LogP contribution in [0.5, 0.6) is 0 Å². The molecule has 0 spiro atoms. The Morgan fingerprint density at radius 3 is 1.83 bits per heavy atom. The van der Waals surface area contributed by atoms with Crippen LogP contribution in [0.2, 0.25) is 0 Å². The molecule has 4 rings (SSSR count). The summed E-state index contributed by atoms with van der Waals surface area (Å²) in [4.78, 5) is 82.9. The van der Waals surface area contributed by atoms with Crippen LogP contribution >= 0.6 is 32.0 Å². The van der Waals surface area contributed by atoms with E-state index in [1.54, 1.807) is 9.24 Å². The Morgan fingerprint density at radius 1 is 0.695 bits per heavy atom. The van der Waals surface area contributed by atoms with Crippen LogP contribution in [0.1, 0.15) is 137 Å². The summed E-state index contributed by atoms with van der Waals surface area (Å²) in [5.41, 5.74) is -1.27. The summed E-state index contributed by atoms with van der Waals surface area (Å²) in [6.07, 6.45) is 6.47. The number of hydrogen-bond donors (Lipinski definition) is 11. The van der Waals surface area contributed by atoms with E-state index in [4.69, 9.17) is 9.47 Å². The molecule has 22 heteroatoms. The molecule has 2 amide bonds. The molecule has 18 nitrogen and oxygen atoms in total. The summed E-state index contributed by atoms with van der Waals surface area (Å²) in [5, 5.41) is 31.4. The van der Waals surface area contributed by atoms with Gasteiger partial charge in [0.05, 0.1) is 5.60 Å². The Hall–Kier alpha value is -0.700. The molecule has 4 saturated carbocycles. The number of fused-ring (bicyclic) bond motifs is 5. The average molecular weight is 923 g/mol. The standard InChI is InChI=1S/C37H70N2O16P4/c1-5-6-7-8-15-35(4,42)30-12-11-26-25-23-29(55-32(41)39-21-10-17-37(44,58(48,49)50)59(51,52)53)28-22-24(13-18-33(28,2)27(25)14-19-34(26,30)3)54-31(40)38-20-9-16-36(43,56)57(45,46)47/h24-30,42-44H,5-23,56H2,1-4H3,(H,38,40)(H,39,41)(H2,45,46,47)(H2,48,49,50)(H2,51,52,53)/t24-,25-,26-,27-,28+,29-,30-,33+,34-,35-,36?/m0/s1. The lowest BCUT2D eigenvalue weighted by molar-refractivity contribution is -0.179. The first kappa shape index (κ1) is 50.9. The van der Waals surface area contributed by atoms with Gasteiger partial charge in [-0.05, 0) is 118 Å². The monoisotopic (exact) mass is 922 g/mol. The lowest BCUT2D eigenvalue weighted by atomic mass is 9.43. The van der Waals surface area contributed by atoms with Crippen molar-refractivity contribution < 1.29 is 77.4 Å². The molecule has 4 fully saturated rings. The van der Waals surface area contributed by atoms with Crippen molar-refractivity contribution >= 4 is 44.2 Å². The third kappa shape index (κ3) is 11.3. The zero-order chi connectivity index (χ0) is 44.5. The fourth-order valence-electron chi connectivity index (χ4n) is 11.6. The van der Waals surface area contributed by atoms with E-state index in [1.807, 2.05) is 6.92 Å². The maximum absolute atomic E-state index is 13.4. The minimum atomic E-state index is -5.66. The van der Waals surface area contributed by atoms with Gasteiger partial charge >= 0.3 is 35.0 Å². The number of nitrogens with one attached hydrogen (secondary N) is 2. The molecule has 4 aliphatic rings. The maximum Gasteiger partial charge on any atom is 0.407 e. The van der Waals surface area contributed by atoms with E-state index in [1.165, 1.54) is 0 Å². The van der Waals surface area contributed by atoms with Gasteiger partial charge in [-0.25, -0.2) is 9.59 Å². The second-order valence-corrected chi connectivity index (χ2v) is 26.0. The molecular weight excluding hydrogens is 852 g/mol. The Labute approximate surface area is 349 Å². The van der Waals surface area contributed by atoms with Gasteiger partial charge in [0.15, 0.2) is 5.08 Å². The zero-order valence-corrected chi connectivity index (χ0v) is 38.6. The minimum Gasteiger partial charge on any atom is -0.446 e. The van der Waals surface area contributed by atoms with Crippen molar-refractivity contribution in [2.24, 2.45) is 40.4 Å². The molecule has 2 unspecified atom stereocenters. The van der Waals surface area contributed by atoms with Gasteiger partial charge in [-0.2, -0.15) is 0 Å². The van der Waals surface area contributed by atoms with Crippen LogP contribution in [0.3, 0.4) is 0 Å². The van der Waals surface area contributed by atoms with Gasteiger partial charge in [-0.15, -0.1) is 0 Å². The molecule has 12 atom stereocenters. The summed E-state index contributed by atoms with van der Waals surface area (Å²) >= 11 is 0. The molecule has 11 N–H and O–H groups in total. The summed E-state index contributed by atoms with van der Waals surface area (Å²) in [7, 11) is -14.4. The van der Waals surface area contributed by atoms with E-state index in [0.717, 1.165) is 57.8 Å². The van der Waals surface area contributed by atoms with Crippen molar-refractivity contribution in [3.63, 3.8) is 0 Å². The van der Waals surface area contributed by atoms with Crippen LogP contribution in [0.4, 0.5) is 9.59 Å². The first-order chi connectivity index (χ1) is 27.0. The number of carbonyl (C=O) groups excluding carboxylic acids is 2. The van der Waals surface area contributed by atoms with Crippen molar-refractivity contribution in [3.8, 4) is 0 Å². The Kier molecular flexibility index (Phi) is 16.6. The molecule has 0 aliphatic heterocycles. The number of ether oxygens (including phenoxy) is 2. The van der Waals surface area contributed by atoms with Gasteiger partial charge in [0.25, 0.3) is 5.08 Å². The third-order valence-corrected chi connectivity index (χ3v) is 21.2. The highest BCUT2D eigenvalue weighted by atomic mass is 31.2. The highest BCUT2D eigenvalue weighted by molar-refractivity contribution is 7.72. The van der Waals surface area contributed by atoms with Crippen molar-refractivity contribution in [1.29, 1.82) is 0 Å². The molecule has 0 radical (unpaired) electrons. The molecule has 344 valence electrons. The molecule has 4 aliphatic carbocycles. The van der Waals surface area contributed by atoms with Gasteiger partial charge in [0.1, 0.15) is 12.2 Å². The summed E-state index contributed by atoms with van der Waals surface area (Å²) < 4.78 is 47.1. The van der Waals surface area contributed by atoms with Gasteiger partial charge in [-0.1, -0.05) is 55.7 Å². The summed E-state index contributed by atoms with van der Waals surface area (Å²) in [6.45, 7) is 8.36. The quantitative estimate of drug-likeness (QED) is 0.0569. The first-order valence-corrected chi connectivity index (χ1v) is 26.5. The van der Waals surface area contributed by atoms with E-state index in [2.05, 4.69) is 31.4 Å². The number of carbonyl (C=O) groups is 2. The van der Waals surface area contributed by atoms with Gasteiger partial charge in [-0.3, -0.25) is 13.7 Å². The number of aliphatic hydroxyl groups is 3. The van der Waals surface area contributed by atoms with E-state index >= 15 is 0 Å². The Bertz CT molecular complexity index is 1600. The molecule has 0 aromatic carbocycles. The Morgan fingerprint density at radius 2 is 1.25 bits per heavy atom. The predicted octanol–water partition coefficient (Wildman–Crippen LogP) is 5.43. The molecular formula is C37H70N2O16P4. The molecule has 59 heavy (non-hydrogen) atoms. The Balaban J connectivity index is 1.50. The van der Waals surface area contributed by atoms with E-state index < -0.39 is 69.4 Å². The van der Waals surface area contributed by atoms with Crippen LogP contribution in [-0.4, -0.2) is 97.9 Å². The average Bonchev–Trinajstić information content (AvgIpc) is 3.48. The highest BCUT2D eigenvalue weighted by Crippen LogP contribution is 2.70. The predicted molar refractivity (Wildman–Crippen MR) is 221 cm³/mol. The number of rotatable bonds is 19. The maximum atomic E-state index is 13.4. The van der Waals surface area contributed by atoms with Gasteiger partial charge in [0.2, 0.25) is 0 Å². The van der Waals surface area contributed by atoms with Crippen molar-refractivity contribution in [2.75, 3.05) is 13.1 Å². The fraction of sp³-hybridized carbons (Fsp3) is 0.946. The van der Waals surface area contributed by atoms with Crippen LogP contribution in [0.15, 0.2) is 0 Å². The first-order valence-electron chi connectivity index (χ1n) is 21.1. The topological polar surface area (TPSA) is 310 Å². The number of alkyl carbamates (subject to hydrolysis) is 2. The van der Waals surface area contributed by atoms with Crippen molar-refractivity contribution in [3.05, 3.63) is 0 Å². The number of unbranched alkanes of at least 4 members (excludes halogenated alkanes) is 3. The molecule has 0 heterocycles. The summed E-state index contributed by atoms with van der Waals surface area (Å²) in [5.74, 6) is 0.575. The lowest BCUT2D eigenvalue weighted by Gasteiger charge is -2.63. The molecule has 0 aromatic rings. The van der Waals surface area contributed by atoms with Crippen LogP contribution < -0.4 is 10.6 Å². The van der Waals surface area contributed by atoms with Gasteiger partial charge < -0.3 is 64.8 Å². The third-order valence-electron chi connectivity index (χ3n) is 14.8. The minimum absolute atomic E-state index is 0.00837. The fourth-order valence-corrected chi connectivity index (χ4v) is 14.5. The second-order valence-electron chi connectivity index (χ2n) is 18.7. The van der Waals surface area contributed by atoms with E-state index in [0.29, 0.717) is 25.7 Å². The zero-order valence-electron chi connectivity index (χ0n) is 34.8. The highest BCUT2D eigenvalue weighted by Gasteiger charge is 2.65. The van der Waals surface area contributed by atoms with Crippen LogP contribution in [0, 0.1) is 40.4 Å². The van der Waals surface area contributed by atoms with Crippen molar-refractivity contribution in [2.45, 2.75) is 165 Å². The SMILES string of the molecule is CCCCCC[C@](C)(O)[C@H]1CC[C@H]2[C@@H]3C[C@H](OC(=O)NCCCC(O)(P(=O)(O)O)P(=O)(O)O)[C@H]4C[C@@H](OC(=O)NCCCC(O)(P)P(=O)(O)O)CC[C@]4(C)[C@H]3CC[C@@]21C. The summed E-state index contributed by atoms with van der Waals surface area (Å²) in [6, 6.07) is 0. The smallest absolute Gasteiger partial charge is 0.407 e. The molecule has 0 saturated heterocycles. The number of hydrogen-bond acceptors (Lipinski definition) is 10. The number of amides is 2. The largest absolute Gasteiger partial charge is 0.446 e. The normalized spacial score (nSPS) is 33.4. The van der Waals surface area contributed by atoms with Gasteiger partial charge in [0, 0.05) is 25.4 Å². The van der Waals surface area contributed by atoms with Crippen LogP contribution in [-0.2, 0) is 23.2 Å². The van der Waals surface area contributed by atoms with E-state index in [-0.39, 0.29) is 72.8 Å². The van der Waals surface area contributed by atoms with E-state index in [9.17, 15) is 68.0 Å². The van der Waals surface area contributed by atoms with Crippen molar-refractivity contribution in [1.82, 2.24) is 10.6 Å². The van der Waals surface area contributed by atoms with Crippen LogP contribution in [0.25, 0.3) is 0 Å².